The van der Waals surface area contributed by atoms with Crippen molar-refractivity contribution in [2.45, 2.75) is 11.4 Å². The number of sulfonamides is 1. The highest BCUT2D eigenvalue weighted by Crippen LogP contribution is 2.32. The summed E-state index contributed by atoms with van der Waals surface area (Å²) in [5.41, 5.74) is 1.87. The molecule has 3 aromatic rings. The number of nitrogens with zero attached hydrogens (tertiary/aromatic N) is 6. The first-order valence-electron chi connectivity index (χ1n) is 10.5. The lowest BCUT2D eigenvalue weighted by molar-refractivity contribution is -0.384. The summed E-state index contributed by atoms with van der Waals surface area (Å²) < 4.78 is 29.2. The van der Waals surface area contributed by atoms with Gasteiger partial charge >= 0.3 is 0 Å². The van der Waals surface area contributed by atoms with Crippen molar-refractivity contribution >= 4 is 21.4 Å². The van der Waals surface area contributed by atoms with Crippen LogP contribution in [0.25, 0.3) is 5.69 Å². The average Bonchev–Trinajstić information content (AvgIpc) is 3.28. The smallest absolute Gasteiger partial charge is 0.293 e. The number of nitro groups is 1. The molecule has 1 aliphatic rings. The number of benzene rings is 2. The van der Waals surface area contributed by atoms with Crippen LogP contribution in [-0.2, 0) is 16.6 Å². The Hall–Kier alpha value is -3.28. The van der Waals surface area contributed by atoms with Crippen molar-refractivity contribution in [3.05, 3.63) is 76.6 Å². The molecule has 10 nitrogen and oxygen atoms in total. The third-order valence-corrected chi connectivity index (χ3v) is 7.63. The van der Waals surface area contributed by atoms with E-state index in [0.717, 1.165) is 17.3 Å². The van der Waals surface area contributed by atoms with Crippen LogP contribution in [0.3, 0.4) is 0 Å². The van der Waals surface area contributed by atoms with Crippen molar-refractivity contribution in [2.75, 3.05) is 45.2 Å². The van der Waals surface area contributed by atoms with E-state index in [1.165, 1.54) is 16.4 Å². The molecule has 1 fully saturated rings. The number of hydrogen-bond donors (Lipinski definition) is 0. The molecule has 2 heterocycles. The van der Waals surface area contributed by atoms with Crippen LogP contribution >= 0.6 is 0 Å². The van der Waals surface area contributed by atoms with Crippen molar-refractivity contribution in [1.29, 1.82) is 0 Å². The lowest BCUT2D eigenvalue weighted by atomic mass is 10.2. The van der Waals surface area contributed by atoms with E-state index in [-0.39, 0.29) is 10.6 Å². The topological polar surface area (TPSA) is 105 Å². The maximum Gasteiger partial charge on any atom is 0.293 e. The Morgan fingerprint density at radius 2 is 1.79 bits per heavy atom. The summed E-state index contributed by atoms with van der Waals surface area (Å²) in [7, 11) is -0.133. The summed E-state index contributed by atoms with van der Waals surface area (Å²) in [4.78, 5) is 15.0. The molecule has 1 aromatic heterocycles. The van der Waals surface area contributed by atoms with E-state index in [4.69, 9.17) is 0 Å². The molecule has 0 spiro atoms. The van der Waals surface area contributed by atoms with Crippen molar-refractivity contribution in [1.82, 2.24) is 19.0 Å². The monoisotopic (exact) mass is 470 g/mol. The second kappa shape index (κ2) is 9.30. The Balaban J connectivity index is 1.57. The van der Waals surface area contributed by atoms with Gasteiger partial charge in [0.15, 0.2) is 0 Å². The van der Waals surface area contributed by atoms with Gasteiger partial charge in [-0.1, -0.05) is 18.2 Å². The third kappa shape index (κ3) is 4.90. The maximum absolute atomic E-state index is 13.0. The minimum atomic E-state index is -3.80. The van der Waals surface area contributed by atoms with Crippen LogP contribution < -0.4 is 4.90 Å². The molecular formula is C22H26N6O4S. The van der Waals surface area contributed by atoms with Crippen molar-refractivity contribution in [3.63, 3.8) is 0 Å². The molecule has 174 valence electrons. The lowest BCUT2D eigenvalue weighted by Gasteiger charge is -2.31. The van der Waals surface area contributed by atoms with Crippen molar-refractivity contribution < 1.29 is 13.3 Å². The van der Waals surface area contributed by atoms with E-state index < -0.39 is 14.9 Å². The molecular weight excluding hydrogens is 444 g/mol. The summed E-state index contributed by atoms with van der Waals surface area (Å²) in [6, 6.07) is 13.7. The van der Waals surface area contributed by atoms with E-state index in [9.17, 15) is 18.5 Å². The van der Waals surface area contributed by atoms with Gasteiger partial charge in [-0.3, -0.25) is 10.1 Å². The minimum absolute atomic E-state index is 0.0622. The summed E-state index contributed by atoms with van der Waals surface area (Å²) in [5.74, 6) is 0. The molecule has 4 rings (SSSR count). The molecule has 0 radical (unpaired) electrons. The van der Waals surface area contributed by atoms with E-state index in [2.05, 4.69) is 5.10 Å². The Bertz CT molecular complexity index is 1240. The second-order valence-corrected chi connectivity index (χ2v) is 10.0. The molecule has 0 aliphatic carbocycles. The first-order valence-corrected chi connectivity index (χ1v) is 12.0. The van der Waals surface area contributed by atoms with Crippen molar-refractivity contribution in [2.24, 2.45) is 0 Å². The molecule has 0 saturated carbocycles. The van der Waals surface area contributed by atoms with Gasteiger partial charge in [-0.15, -0.1) is 0 Å². The standard InChI is InChI=1S/C22H26N6O4S/c1-24-10-12-26(13-11-24)33(31,32)20-8-9-21(22(14-20)28(29)30)25(2)16-18-15-23-27(17-18)19-6-4-3-5-7-19/h3-9,14-15,17H,10-13,16H2,1-2H3. The van der Waals surface area contributed by atoms with Gasteiger partial charge in [0.2, 0.25) is 10.0 Å². The number of aromatic nitrogens is 2. The molecule has 1 saturated heterocycles. The highest BCUT2D eigenvalue weighted by Gasteiger charge is 2.30. The zero-order valence-electron chi connectivity index (χ0n) is 18.5. The average molecular weight is 471 g/mol. The Kier molecular flexibility index (Phi) is 6.45. The molecule has 2 aromatic carbocycles. The van der Waals surface area contributed by atoms with E-state index >= 15 is 0 Å². The molecule has 0 amide bonds. The normalized spacial score (nSPS) is 15.5. The molecule has 1 aliphatic heterocycles. The first-order chi connectivity index (χ1) is 15.8. The maximum atomic E-state index is 13.0. The number of anilines is 1. The van der Waals surface area contributed by atoms with E-state index in [1.807, 2.05) is 48.5 Å². The van der Waals surface area contributed by atoms with Gasteiger partial charge in [0, 0.05) is 57.6 Å². The van der Waals surface area contributed by atoms with Crippen LogP contribution in [0.5, 0.6) is 0 Å². The van der Waals surface area contributed by atoms with Crippen LogP contribution in [0.4, 0.5) is 11.4 Å². The number of piperazine rings is 1. The van der Waals surface area contributed by atoms with Gasteiger partial charge in [-0.25, -0.2) is 13.1 Å². The van der Waals surface area contributed by atoms with Crippen LogP contribution in [0.15, 0.2) is 65.8 Å². The third-order valence-electron chi connectivity index (χ3n) is 5.73. The number of likely N-dealkylation sites (N-methyl/N-ethyl adjacent to an activating group) is 1. The lowest BCUT2D eigenvalue weighted by Crippen LogP contribution is -2.47. The number of nitro benzene ring substituents is 1. The second-order valence-electron chi connectivity index (χ2n) is 8.10. The summed E-state index contributed by atoms with van der Waals surface area (Å²) in [6.07, 6.45) is 3.57. The summed E-state index contributed by atoms with van der Waals surface area (Å²) >= 11 is 0. The molecule has 0 atom stereocenters. The predicted molar refractivity (Wildman–Crippen MR) is 125 cm³/mol. The highest BCUT2D eigenvalue weighted by atomic mass is 32.2. The van der Waals surface area contributed by atoms with E-state index in [1.54, 1.807) is 22.8 Å². The molecule has 11 heteroatoms. The van der Waals surface area contributed by atoms with Gasteiger partial charge in [-0.05, 0) is 31.3 Å². The highest BCUT2D eigenvalue weighted by molar-refractivity contribution is 7.89. The van der Waals surface area contributed by atoms with Gasteiger partial charge in [0.25, 0.3) is 5.69 Å². The van der Waals surface area contributed by atoms with Crippen LogP contribution in [0.2, 0.25) is 0 Å². The molecule has 0 N–H and O–H groups in total. The first kappa shape index (κ1) is 22.9. The zero-order chi connectivity index (χ0) is 23.6. The fourth-order valence-corrected chi connectivity index (χ4v) is 5.28. The quantitative estimate of drug-likeness (QED) is 0.386. The predicted octanol–water partition coefficient (Wildman–Crippen LogP) is 2.35. The number of hydrogen-bond acceptors (Lipinski definition) is 7. The van der Waals surface area contributed by atoms with Gasteiger partial charge in [0.1, 0.15) is 5.69 Å². The Morgan fingerprint density at radius 3 is 2.45 bits per heavy atom. The van der Waals surface area contributed by atoms with Crippen LogP contribution in [-0.4, -0.2) is 72.6 Å². The molecule has 33 heavy (non-hydrogen) atoms. The minimum Gasteiger partial charge on any atom is -0.365 e. The van der Waals surface area contributed by atoms with Crippen LogP contribution in [0, 0.1) is 10.1 Å². The summed E-state index contributed by atoms with van der Waals surface area (Å²) in [5, 5.41) is 16.2. The Labute approximate surface area is 192 Å². The van der Waals surface area contributed by atoms with Gasteiger partial charge in [0.05, 0.1) is 21.7 Å². The van der Waals surface area contributed by atoms with Crippen LogP contribution in [0.1, 0.15) is 5.56 Å². The fourth-order valence-electron chi connectivity index (χ4n) is 3.83. The molecule has 0 bridgehead atoms. The van der Waals surface area contributed by atoms with Crippen molar-refractivity contribution in [3.8, 4) is 5.69 Å². The number of rotatable bonds is 7. The number of para-hydroxylation sites is 1. The largest absolute Gasteiger partial charge is 0.365 e. The molecule has 0 unspecified atom stereocenters. The van der Waals surface area contributed by atoms with Gasteiger partial charge in [-0.2, -0.15) is 9.40 Å². The zero-order valence-corrected chi connectivity index (χ0v) is 19.4. The SMILES string of the molecule is CN1CCN(S(=O)(=O)c2ccc(N(C)Cc3cnn(-c4ccccc4)c3)c([N+](=O)[O-])c2)CC1. The van der Waals surface area contributed by atoms with Gasteiger partial charge < -0.3 is 9.80 Å². The van der Waals surface area contributed by atoms with E-state index in [0.29, 0.717) is 38.4 Å². The Morgan fingerprint density at radius 1 is 1.09 bits per heavy atom. The summed E-state index contributed by atoms with van der Waals surface area (Å²) in [6.45, 7) is 2.34. The fraction of sp³-hybridized carbons (Fsp3) is 0.318.